The summed E-state index contributed by atoms with van der Waals surface area (Å²) in [5, 5.41) is 12.8. The molecule has 0 amide bonds. The van der Waals surface area contributed by atoms with Crippen LogP contribution in [0.3, 0.4) is 0 Å². The molecule has 0 radical (unpaired) electrons. The Kier molecular flexibility index (Phi) is 4.37. The van der Waals surface area contributed by atoms with Crippen LogP contribution < -0.4 is 11.1 Å². The van der Waals surface area contributed by atoms with Crippen molar-refractivity contribution >= 4 is 21.2 Å². The van der Waals surface area contributed by atoms with Crippen molar-refractivity contribution < 1.29 is 13.5 Å². The Bertz CT molecular complexity index is 725. The Hall–Kier alpha value is -2.21. The van der Waals surface area contributed by atoms with Crippen molar-refractivity contribution in [2.45, 2.75) is 18.4 Å². The SMILES string of the molecule is CCS(=O)(=O)c1ccc(NCc2cc(N)ccc2O)cc1. The fourth-order valence-electron chi connectivity index (χ4n) is 1.89. The molecule has 0 bridgehead atoms. The number of rotatable bonds is 5. The number of hydrogen-bond acceptors (Lipinski definition) is 5. The highest BCUT2D eigenvalue weighted by Gasteiger charge is 2.10. The zero-order valence-electron chi connectivity index (χ0n) is 11.7. The third-order valence-electron chi connectivity index (χ3n) is 3.18. The van der Waals surface area contributed by atoms with E-state index in [-0.39, 0.29) is 11.5 Å². The Morgan fingerprint density at radius 3 is 2.43 bits per heavy atom. The molecule has 112 valence electrons. The smallest absolute Gasteiger partial charge is 0.178 e. The predicted molar refractivity (Wildman–Crippen MR) is 84.0 cm³/mol. The standard InChI is InChI=1S/C15H18N2O3S/c1-2-21(19,20)14-6-4-13(5-7-14)17-10-11-9-12(16)3-8-15(11)18/h3-9,17-18H,2,10,16H2,1H3. The van der Waals surface area contributed by atoms with Gasteiger partial charge in [-0.3, -0.25) is 0 Å². The Balaban J connectivity index is 2.09. The maximum Gasteiger partial charge on any atom is 0.178 e. The summed E-state index contributed by atoms with van der Waals surface area (Å²) in [6.07, 6.45) is 0. The van der Waals surface area contributed by atoms with E-state index < -0.39 is 9.84 Å². The Morgan fingerprint density at radius 2 is 1.81 bits per heavy atom. The van der Waals surface area contributed by atoms with Crippen molar-refractivity contribution in [2.24, 2.45) is 0 Å². The van der Waals surface area contributed by atoms with Gasteiger partial charge >= 0.3 is 0 Å². The van der Waals surface area contributed by atoms with Crippen LogP contribution in [0, 0.1) is 0 Å². The van der Waals surface area contributed by atoms with Gasteiger partial charge in [-0.2, -0.15) is 0 Å². The molecule has 21 heavy (non-hydrogen) atoms. The second-order valence-corrected chi connectivity index (χ2v) is 6.95. The molecule has 0 fully saturated rings. The topological polar surface area (TPSA) is 92.4 Å². The summed E-state index contributed by atoms with van der Waals surface area (Å²) < 4.78 is 23.4. The summed E-state index contributed by atoms with van der Waals surface area (Å²) in [5.41, 5.74) is 7.70. The van der Waals surface area contributed by atoms with Crippen LogP contribution in [0.25, 0.3) is 0 Å². The molecule has 4 N–H and O–H groups in total. The molecule has 0 aliphatic carbocycles. The van der Waals surface area contributed by atoms with Crippen molar-refractivity contribution in [3.8, 4) is 5.75 Å². The number of phenols is 1. The van der Waals surface area contributed by atoms with Gasteiger partial charge in [0.05, 0.1) is 10.6 Å². The molecule has 0 heterocycles. The van der Waals surface area contributed by atoms with Gasteiger partial charge in [-0.15, -0.1) is 0 Å². The van der Waals surface area contributed by atoms with Crippen molar-refractivity contribution in [1.82, 2.24) is 0 Å². The molecule has 5 nitrogen and oxygen atoms in total. The van der Waals surface area contributed by atoms with Crippen molar-refractivity contribution in [2.75, 3.05) is 16.8 Å². The average molecular weight is 306 g/mol. The number of nitrogens with one attached hydrogen (secondary N) is 1. The molecular weight excluding hydrogens is 288 g/mol. The summed E-state index contributed by atoms with van der Waals surface area (Å²) in [4.78, 5) is 0.308. The predicted octanol–water partition coefficient (Wildman–Crippen LogP) is 2.38. The van der Waals surface area contributed by atoms with E-state index in [0.717, 1.165) is 5.69 Å². The van der Waals surface area contributed by atoms with Gasteiger partial charge < -0.3 is 16.2 Å². The fourth-order valence-corrected chi connectivity index (χ4v) is 2.78. The van der Waals surface area contributed by atoms with Crippen molar-refractivity contribution in [1.29, 1.82) is 0 Å². The van der Waals surface area contributed by atoms with Gasteiger partial charge in [0.25, 0.3) is 0 Å². The highest BCUT2D eigenvalue weighted by molar-refractivity contribution is 7.91. The maximum atomic E-state index is 11.7. The van der Waals surface area contributed by atoms with E-state index in [2.05, 4.69) is 5.32 Å². The summed E-state index contributed by atoms with van der Waals surface area (Å²) in [6.45, 7) is 2.01. The molecule has 0 saturated carbocycles. The number of aromatic hydroxyl groups is 1. The van der Waals surface area contributed by atoms with E-state index >= 15 is 0 Å². The third-order valence-corrected chi connectivity index (χ3v) is 4.93. The Labute approximate surface area is 124 Å². The first-order valence-corrected chi connectivity index (χ1v) is 8.21. The molecule has 2 aromatic carbocycles. The molecule has 0 aromatic heterocycles. The van der Waals surface area contributed by atoms with Crippen LogP contribution >= 0.6 is 0 Å². The number of phenolic OH excluding ortho intramolecular Hbond substituents is 1. The first kappa shape index (κ1) is 15.2. The van der Waals surface area contributed by atoms with Crippen LogP contribution in [0.2, 0.25) is 0 Å². The molecule has 0 aliphatic heterocycles. The minimum absolute atomic E-state index is 0.0803. The monoisotopic (exact) mass is 306 g/mol. The molecule has 0 spiro atoms. The van der Waals surface area contributed by atoms with Crippen molar-refractivity contribution in [3.63, 3.8) is 0 Å². The first-order valence-electron chi connectivity index (χ1n) is 6.56. The highest BCUT2D eigenvalue weighted by Crippen LogP contribution is 2.21. The molecule has 2 aromatic rings. The summed E-state index contributed by atoms with van der Waals surface area (Å²) >= 11 is 0. The van der Waals surface area contributed by atoms with E-state index in [1.54, 1.807) is 49.4 Å². The normalized spacial score (nSPS) is 11.3. The number of benzene rings is 2. The van der Waals surface area contributed by atoms with Gasteiger partial charge in [0.1, 0.15) is 5.75 Å². The first-order chi connectivity index (χ1) is 9.92. The number of anilines is 2. The van der Waals surface area contributed by atoms with Crippen LogP contribution in [0.4, 0.5) is 11.4 Å². The largest absolute Gasteiger partial charge is 0.508 e. The highest BCUT2D eigenvalue weighted by atomic mass is 32.2. The molecule has 2 rings (SSSR count). The lowest BCUT2D eigenvalue weighted by molar-refractivity contribution is 0.469. The van der Waals surface area contributed by atoms with E-state index in [1.807, 2.05) is 0 Å². The van der Waals surface area contributed by atoms with Crippen LogP contribution in [-0.2, 0) is 16.4 Å². The molecular formula is C15H18N2O3S. The van der Waals surface area contributed by atoms with Crippen LogP contribution in [-0.4, -0.2) is 19.3 Å². The lowest BCUT2D eigenvalue weighted by atomic mass is 10.1. The number of nitrogen functional groups attached to an aromatic ring is 1. The number of sulfone groups is 1. The fraction of sp³-hybridized carbons (Fsp3) is 0.200. The van der Waals surface area contributed by atoms with Crippen LogP contribution in [0.15, 0.2) is 47.4 Å². The number of hydrogen-bond donors (Lipinski definition) is 3. The molecule has 6 heteroatoms. The maximum absolute atomic E-state index is 11.7. The van der Waals surface area contributed by atoms with Gasteiger partial charge in [0, 0.05) is 23.5 Å². The minimum Gasteiger partial charge on any atom is -0.508 e. The lowest BCUT2D eigenvalue weighted by Crippen LogP contribution is -2.04. The van der Waals surface area contributed by atoms with E-state index in [4.69, 9.17) is 5.73 Å². The average Bonchev–Trinajstić information content (AvgIpc) is 2.48. The van der Waals surface area contributed by atoms with Crippen LogP contribution in [0.1, 0.15) is 12.5 Å². The van der Waals surface area contributed by atoms with Gasteiger partial charge in [-0.05, 0) is 42.5 Å². The second kappa shape index (κ2) is 6.05. The van der Waals surface area contributed by atoms with E-state index in [9.17, 15) is 13.5 Å². The molecule has 0 saturated heterocycles. The zero-order valence-corrected chi connectivity index (χ0v) is 12.5. The van der Waals surface area contributed by atoms with Gasteiger partial charge in [0.15, 0.2) is 9.84 Å². The minimum atomic E-state index is -3.18. The Morgan fingerprint density at radius 1 is 1.14 bits per heavy atom. The molecule has 0 aliphatic rings. The second-order valence-electron chi connectivity index (χ2n) is 4.67. The van der Waals surface area contributed by atoms with E-state index in [1.165, 1.54) is 0 Å². The zero-order chi connectivity index (χ0) is 15.5. The van der Waals surface area contributed by atoms with Gasteiger partial charge in [0.2, 0.25) is 0 Å². The summed E-state index contributed by atoms with van der Waals surface area (Å²) in [6, 6.07) is 11.4. The number of nitrogens with two attached hydrogens (primary N) is 1. The summed E-state index contributed by atoms with van der Waals surface area (Å²) in [7, 11) is -3.18. The summed E-state index contributed by atoms with van der Waals surface area (Å²) in [5.74, 6) is 0.249. The van der Waals surface area contributed by atoms with Gasteiger partial charge in [-0.1, -0.05) is 6.92 Å². The molecule has 0 unspecified atom stereocenters. The van der Waals surface area contributed by atoms with E-state index in [0.29, 0.717) is 22.7 Å². The lowest BCUT2D eigenvalue weighted by Gasteiger charge is -2.09. The van der Waals surface area contributed by atoms with Gasteiger partial charge in [-0.25, -0.2) is 8.42 Å². The van der Waals surface area contributed by atoms with Crippen molar-refractivity contribution in [3.05, 3.63) is 48.0 Å². The van der Waals surface area contributed by atoms with Crippen LogP contribution in [0.5, 0.6) is 5.75 Å². The quantitative estimate of drug-likeness (QED) is 0.582. The third kappa shape index (κ3) is 3.66. The molecule has 0 atom stereocenters.